The van der Waals surface area contributed by atoms with E-state index in [1.165, 1.54) is 0 Å². The van der Waals surface area contributed by atoms with E-state index in [0.717, 1.165) is 0 Å². The SMILES string of the molecule is NCC(O)CCC(NC1OC(CO)C(O)C(O)C1O)C(=O)O. The molecule has 1 rings (SSSR count). The summed E-state index contributed by atoms with van der Waals surface area (Å²) in [4.78, 5) is 11.2. The van der Waals surface area contributed by atoms with E-state index in [1.54, 1.807) is 0 Å². The van der Waals surface area contributed by atoms with Crippen molar-refractivity contribution in [2.24, 2.45) is 5.73 Å². The van der Waals surface area contributed by atoms with Crippen molar-refractivity contribution in [3.05, 3.63) is 0 Å². The minimum absolute atomic E-state index is 0.00755. The summed E-state index contributed by atoms with van der Waals surface area (Å²) in [6.45, 7) is -0.612. The maximum atomic E-state index is 11.2. The van der Waals surface area contributed by atoms with Gasteiger partial charge in [0.25, 0.3) is 0 Å². The maximum Gasteiger partial charge on any atom is 0.320 e. The molecule has 1 heterocycles. The number of carboxylic acid groups (broad SMARTS) is 1. The highest BCUT2D eigenvalue weighted by atomic mass is 16.6. The number of ether oxygens (including phenoxy) is 1. The lowest BCUT2D eigenvalue weighted by molar-refractivity contribution is -0.238. The van der Waals surface area contributed by atoms with Gasteiger partial charge < -0.3 is 41.1 Å². The van der Waals surface area contributed by atoms with Crippen LogP contribution in [0.1, 0.15) is 12.8 Å². The van der Waals surface area contributed by atoms with Crippen LogP contribution in [-0.2, 0) is 9.53 Å². The van der Waals surface area contributed by atoms with Crippen LogP contribution in [0.4, 0.5) is 0 Å². The van der Waals surface area contributed by atoms with Gasteiger partial charge in [0.1, 0.15) is 36.7 Å². The van der Waals surface area contributed by atoms with E-state index in [1.807, 2.05) is 0 Å². The highest BCUT2D eigenvalue weighted by Crippen LogP contribution is 2.20. The van der Waals surface area contributed by atoms with Crippen molar-refractivity contribution >= 4 is 5.97 Å². The fourth-order valence-corrected chi connectivity index (χ4v) is 2.19. The summed E-state index contributed by atoms with van der Waals surface area (Å²) >= 11 is 0. The van der Waals surface area contributed by atoms with E-state index >= 15 is 0 Å². The monoisotopic (exact) mass is 324 g/mol. The molecule has 0 saturated carbocycles. The Bertz CT molecular complexity index is 356. The van der Waals surface area contributed by atoms with Gasteiger partial charge in [-0.1, -0.05) is 0 Å². The van der Waals surface area contributed by atoms with Crippen molar-refractivity contribution < 1.29 is 40.2 Å². The Labute approximate surface area is 127 Å². The number of aliphatic hydroxyl groups is 5. The quantitative estimate of drug-likeness (QED) is 0.218. The van der Waals surface area contributed by atoms with Crippen molar-refractivity contribution in [2.45, 2.75) is 55.6 Å². The van der Waals surface area contributed by atoms with Crippen LogP contribution in [-0.4, -0.2) is 92.5 Å². The van der Waals surface area contributed by atoms with Crippen molar-refractivity contribution in [3.8, 4) is 0 Å². The average molecular weight is 324 g/mol. The molecular weight excluding hydrogens is 300 g/mol. The van der Waals surface area contributed by atoms with Gasteiger partial charge in [0, 0.05) is 6.54 Å². The van der Waals surface area contributed by atoms with Gasteiger partial charge in [0.05, 0.1) is 12.7 Å². The van der Waals surface area contributed by atoms with Crippen LogP contribution in [0.15, 0.2) is 0 Å². The summed E-state index contributed by atoms with van der Waals surface area (Å²) in [5, 5.41) is 59.2. The number of carbonyl (C=O) groups is 1. The van der Waals surface area contributed by atoms with E-state index in [-0.39, 0.29) is 19.4 Å². The smallest absolute Gasteiger partial charge is 0.320 e. The molecule has 0 bridgehead atoms. The van der Waals surface area contributed by atoms with Gasteiger partial charge in [-0.05, 0) is 12.8 Å². The average Bonchev–Trinajstić information content (AvgIpc) is 2.50. The number of hydrogen-bond donors (Lipinski definition) is 8. The van der Waals surface area contributed by atoms with Crippen LogP contribution in [0.3, 0.4) is 0 Å². The summed E-state index contributed by atoms with van der Waals surface area (Å²) < 4.78 is 5.17. The first-order valence-corrected chi connectivity index (χ1v) is 6.99. The molecule has 0 amide bonds. The molecule has 0 radical (unpaired) electrons. The number of aliphatic carboxylic acids is 1. The Morgan fingerprint density at radius 3 is 2.32 bits per heavy atom. The van der Waals surface area contributed by atoms with Crippen molar-refractivity contribution in [2.75, 3.05) is 13.2 Å². The Morgan fingerprint density at radius 2 is 1.82 bits per heavy atom. The normalized spacial score (nSPS) is 35.1. The molecule has 7 unspecified atom stereocenters. The highest BCUT2D eigenvalue weighted by Gasteiger charge is 2.44. The van der Waals surface area contributed by atoms with Crippen molar-refractivity contribution in [3.63, 3.8) is 0 Å². The molecular formula is C12H24N2O8. The third-order valence-corrected chi connectivity index (χ3v) is 3.62. The summed E-state index contributed by atoms with van der Waals surface area (Å²) in [7, 11) is 0. The minimum Gasteiger partial charge on any atom is -0.480 e. The minimum atomic E-state index is -1.59. The largest absolute Gasteiger partial charge is 0.480 e. The zero-order valence-electron chi connectivity index (χ0n) is 11.9. The number of nitrogens with two attached hydrogens (primary N) is 1. The Hall–Kier alpha value is -0.850. The summed E-state index contributed by atoms with van der Waals surface area (Å²) in [5.41, 5.74) is 5.24. The second-order valence-corrected chi connectivity index (χ2v) is 5.27. The molecule has 0 aromatic carbocycles. The molecule has 1 saturated heterocycles. The number of carboxylic acids is 1. The van der Waals surface area contributed by atoms with Crippen LogP contribution in [0.25, 0.3) is 0 Å². The number of rotatable bonds is 8. The van der Waals surface area contributed by atoms with Gasteiger partial charge in [0.2, 0.25) is 0 Å². The topological polar surface area (TPSA) is 186 Å². The number of nitrogens with one attached hydrogen (secondary N) is 1. The Balaban J connectivity index is 2.68. The molecule has 10 nitrogen and oxygen atoms in total. The van der Waals surface area contributed by atoms with Crippen LogP contribution in [0.2, 0.25) is 0 Å². The predicted molar refractivity (Wildman–Crippen MR) is 72.6 cm³/mol. The highest BCUT2D eigenvalue weighted by molar-refractivity contribution is 5.73. The van der Waals surface area contributed by atoms with Gasteiger partial charge in [-0.15, -0.1) is 0 Å². The summed E-state index contributed by atoms with van der Waals surface area (Å²) in [6, 6.07) is -1.16. The lowest BCUT2D eigenvalue weighted by Crippen LogP contribution is -2.64. The predicted octanol–water partition coefficient (Wildman–Crippen LogP) is -4.07. The van der Waals surface area contributed by atoms with E-state index < -0.39 is 55.4 Å². The zero-order valence-corrected chi connectivity index (χ0v) is 11.9. The lowest BCUT2D eigenvalue weighted by Gasteiger charge is -2.41. The lowest BCUT2D eigenvalue weighted by atomic mass is 9.97. The van der Waals surface area contributed by atoms with Crippen molar-refractivity contribution in [1.29, 1.82) is 0 Å². The maximum absolute atomic E-state index is 11.2. The Morgan fingerprint density at radius 1 is 1.18 bits per heavy atom. The summed E-state index contributed by atoms with van der Waals surface area (Å²) in [6.07, 6.45) is -7.79. The van der Waals surface area contributed by atoms with Gasteiger partial charge in [0.15, 0.2) is 0 Å². The molecule has 1 fully saturated rings. The van der Waals surface area contributed by atoms with Crippen LogP contribution >= 0.6 is 0 Å². The summed E-state index contributed by atoms with van der Waals surface area (Å²) in [5.74, 6) is -1.24. The van der Waals surface area contributed by atoms with Gasteiger partial charge >= 0.3 is 5.97 Å². The van der Waals surface area contributed by atoms with Crippen LogP contribution < -0.4 is 11.1 Å². The first-order chi connectivity index (χ1) is 10.3. The molecule has 1 aliphatic rings. The van der Waals surface area contributed by atoms with E-state index in [9.17, 15) is 25.2 Å². The number of aliphatic hydroxyl groups excluding tert-OH is 5. The Kier molecular flexibility index (Phi) is 7.59. The number of hydrogen-bond acceptors (Lipinski definition) is 9. The second-order valence-electron chi connectivity index (χ2n) is 5.27. The fraction of sp³-hybridized carbons (Fsp3) is 0.917. The zero-order chi connectivity index (χ0) is 16.9. The van der Waals surface area contributed by atoms with Crippen LogP contribution in [0.5, 0.6) is 0 Å². The van der Waals surface area contributed by atoms with Crippen molar-refractivity contribution in [1.82, 2.24) is 5.32 Å². The molecule has 0 aromatic heterocycles. The fourth-order valence-electron chi connectivity index (χ4n) is 2.19. The van der Waals surface area contributed by atoms with E-state index in [2.05, 4.69) is 5.32 Å². The van der Waals surface area contributed by atoms with E-state index in [4.69, 9.17) is 20.7 Å². The molecule has 22 heavy (non-hydrogen) atoms. The molecule has 130 valence electrons. The molecule has 0 aliphatic carbocycles. The molecule has 9 N–H and O–H groups in total. The third kappa shape index (κ3) is 4.83. The first kappa shape index (κ1) is 19.2. The molecule has 0 spiro atoms. The van der Waals surface area contributed by atoms with Gasteiger partial charge in [-0.25, -0.2) is 0 Å². The molecule has 1 aliphatic heterocycles. The van der Waals surface area contributed by atoms with E-state index in [0.29, 0.717) is 0 Å². The molecule has 0 aromatic rings. The van der Waals surface area contributed by atoms with Gasteiger partial charge in [-0.2, -0.15) is 0 Å². The van der Waals surface area contributed by atoms with Gasteiger partial charge in [-0.3, -0.25) is 10.1 Å². The molecule has 10 heteroatoms. The molecule has 7 atom stereocenters. The second kappa shape index (κ2) is 8.70. The first-order valence-electron chi connectivity index (χ1n) is 6.99. The standard InChI is InChI=1S/C12H24N2O8/c13-3-5(16)1-2-6(12(20)21)14-11-10(19)9(18)8(17)7(4-15)22-11/h5-11,14-19H,1-4,13H2,(H,20,21). The third-order valence-electron chi connectivity index (χ3n) is 3.62. The van der Waals surface area contributed by atoms with Crippen LogP contribution in [0, 0.1) is 0 Å².